The maximum absolute atomic E-state index is 13.4. The molecule has 4 N–H and O–H groups in total. The molecule has 45 heavy (non-hydrogen) atoms. The lowest BCUT2D eigenvalue weighted by Gasteiger charge is -2.34. The summed E-state index contributed by atoms with van der Waals surface area (Å²) in [6.07, 6.45) is 1.62. The number of anilines is 1. The first-order valence-corrected chi connectivity index (χ1v) is 16.7. The van der Waals surface area contributed by atoms with Crippen LogP contribution in [0.3, 0.4) is 0 Å². The molecule has 3 amide bonds. The van der Waals surface area contributed by atoms with Gasteiger partial charge in [0.05, 0.1) is 21.8 Å². The van der Waals surface area contributed by atoms with Crippen molar-refractivity contribution >= 4 is 68.1 Å². The molecule has 1 aromatic heterocycles. The molecule has 0 spiro atoms. The first-order chi connectivity index (χ1) is 21.4. The van der Waals surface area contributed by atoms with Gasteiger partial charge in [0.2, 0.25) is 5.91 Å². The van der Waals surface area contributed by atoms with E-state index in [1.54, 1.807) is 49.1 Å². The molecule has 0 unspecified atom stereocenters. The Kier molecular flexibility index (Phi) is 9.71. The van der Waals surface area contributed by atoms with Gasteiger partial charge in [-0.1, -0.05) is 29.3 Å². The van der Waals surface area contributed by atoms with Gasteiger partial charge in [0.25, 0.3) is 11.8 Å². The van der Waals surface area contributed by atoms with Gasteiger partial charge in [-0.15, -0.1) is 0 Å². The van der Waals surface area contributed by atoms with Crippen molar-refractivity contribution in [2.45, 2.75) is 24.5 Å². The molecule has 2 aliphatic rings. The summed E-state index contributed by atoms with van der Waals surface area (Å²) in [7, 11) is -3.87. The Morgan fingerprint density at radius 1 is 1.07 bits per heavy atom. The van der Waals surface area contributed by atoms with Gasteiger partial charge >= 0.3 is 0 Å². The van der Waals surface area contributed by atoms with Crippen molar-refractivity contribution in [1.29, 1.82) is 0 Å². The number of carbonyl (C=O) groups excluding carboxylic acids is 3. The lowest BCUT2D eigenvalue weighted by molar-refractivity contribution is -0.135. The van der Waals surface area contributed by atoms with Crippen LogP contribution in [-0.2, 0) is 25.2 Å². The van der Waals surface area contributed by atoms with Crippen molar-refractivity contribution in [3.63, 3.8) is 0 Å². The monoisotopic (exact) mass is 673 g/mol. The van der Waals surface area contributed by atoms with Gasteiger partial charge in [-0.05, 0) is 55.8 Å². The Bertz CT molecular complexity index is 1790. The molecule has 238 valence electrons. The van der Waals surface area contributed by atoms with Gasteiger partial charge < -0.3 is 25.6 Å². The summed E-state index contributed by atoms with van der Waals surface area (Å²) in [4.78, 5) is 44.8. The number of nitrogens with one attached hydrogen (secondary N) is 3. The quantitative estimate of drug-likeness (QED) is 0.255. The second-order valence-electron chi connectivity index (χ2n) is 11.0. The number of fused-ring (bicyclic) bond motifs is 1. The van der Waals surface area contributed by atoms with Crippen molar-refractivity contribution in [1.82, 2.24) is 20.1 Å². The van der Waals surface area contributed by atoms with Crippen LogP contribution < -0.4 is 10.6 Å². The molecule has 11 nitrogen and oxygen atoms in total. The summed E-state index contributed by atoms with van der Waals surface area (Å²) in [6.45, 7) is 6.44. The molecule has 5 rings (SSSR count). The van der Waals surface area contributed by atoms with Crippen LogP contribution in [0.15, 0.2) is 41.3 Å². The van der Waals surface area contributed by atoms with Crippen LogP contribution in [0.2, 0.25) is 10.0 Å². The number of aromatic amines is 1. The second-order valence-corrected chi connectivity index (χ2v) is 13.8. The topological polar surface area (TPSA) is 152 Å². The van der Waals surface area contributed by atoms with Gasteiger partial charge in [0.15, 0.2) is 9.84 Å². The number of benzene rings is 2. The first kappa shape index (κ1) is 32.7. The third kappa shape index (κ3) is 6.95. The van der Waals surface area contributed by atoms with Crippen LogP contribution in [-0.4, -0.2) is 91.9 Å². The number of hydrogen-bond donors (Lipinski definition) is 4. The Hall–Kier alpha value is -3.68. The lowest BCUT2D eigenvalue weighted by atomic mass is 10.0. The molecule has 2 aromatic carbocycles. The highest BCUT2D eigenvalue weighted by molar-refractivity contribution is 7.90. The van der Waals surface area contributed by atoms with E-state index in [1.165, 1.54) is 12.1 Å². The molecule has 14 heteroatoms. The van der Waals surface area contributed by atoms with E-state index in [4.69, 9.17) is 28.3 Å². The minimum Gasteiger partial charge on any atom is -0.387 e. The van der Waals surface area contributed by atoms with Gasteiger partial charge in [-0.3, -0.25) is 19.3 Å². The highest BCUT2D eigenvalue weighted by Gasteiger charge is 2.29. The van der Waals surface area contributed by atoms with E-state index in [2.05, 4.69) is 20.5 Å². The zero-order valence-electron chi connectivity index (χ0n) is 24.7. The Balaban J connectivity index is 1.31. The van der Waals surface area contributed by atoms with Gasteiger partial charge in [0.1, 0.15) is 6.61 Å². The fourth-order valence-corrected chi connectivity index (χ4v) is 7.71. The van der Waals surface area contributed by atoms with E-state index < -0.39 is 28.1 Å². The summed E-state index contributed by atoms with van der Waals surface area (Å²) in [5.74, 6) is -1.34. The largest absolute Gasteiger partial charge is 0.387 e. The molecule has 0 aliphatic carbocycles. The number of sulfone groups is 1. The van der Waals surface area contributed by atoms with Crippen LogP contribution in [0.1, 0.15) is 38.4 Å². The molecule has 0 atom stereocenters. The molecule has 3 aromatic rings. The fourth-order valence-electron chi connectivity index (χ4n) is 5.59. The number of aryl methyl sites for hydroxylation is 1. The highest BCUT2D eigenvalue weighted by Crippen LogP contribution is 2.37. The van der Waals surface area contributed by atoms with E-state index >= 15 is 0 Å². The summed E-state index contributed by atoms with van der Waals surface area (Å²) in [5, 5.41) is 15.3. The van der Waals surface area contributed by atoms with E-state index in [1.807, 2.05) is 0 Å². The molecular weight excluding hydrogens is 641 g/mol. The van der Waals surface area contributed by atoms with Crippen LogP contribution in [0.4, 0.5) is 5.69 Å². The third-order valence-electron chi connectivity index (χ3n) is 8.09. The fraction of sp³-hybridized carbons (Fsp3) is 0.323. The normalized spacial score (nSPS) is 16.2. The minimum absolute atomic E-state index is 0.0144. The molecule has 0 bridgehead atoms. The molecule has 1 fully saturated rings. The molecule has 0 saturated carbocycles. The van der Waals surface area contributed by atoms with Crippen molar-refractivity contribution < 1.29 is 27.9 Å². The number of amides is 3. The average molecular weight is 675 g/mol. The van der Waals surface area contributed by atoms with Crippen LogP contribution in [0, 0.1) is 13.8 Å². The molecule has 3 heterocycles. The summed E-state index contributed by atoms with van der Waals surface area (Å²) in [6, 6.07) is 9.23. The zero-order chi connectivity index (χ0) is 32.5. The third-order valence-corrected chi connectivity index (χ3v) is 10.4. The van der Waals surface area contributed by atoms with E-state index in [9.17, 15) is 22.8 Å². The molecule has 1 saturated heterocycles. The first-order valence-electron chi connectivity index (χ1n) is 14.3. The SMILES string of the molecule is Cc1[nH]c(/C=C2\C(=O)Nc3ccc(S(=O)(=O)Cc4c(Cl)cccc4Cl)cc32)c(C)c1C(=O)NCCN1CCN(C(=O)CO)CC1. The second kappa shape index (κ2) is 13.4. The predicted molar refractivity (Wildman–Crippen MR) is 173 cm³/mol. The summed E-state index contributed by atoms with van der Waals surface area (Å²) in [5.41, 5.74) is 3.74. The number of aliphatic hydroxyl groups excluding tert-OH is 1. The number of piperazine rings is 1. The average Bonchev–Trinajstić information content (AvgIpc) is 3.48. The lowest BCUT2D eigenvalue weighted by Crippen LogP contribution is -2.50. The number of rotatable bonds is 9. The number of carbonyl (C=O) groups is 3. The van der Waals surface area contributed by atoms with Crippen molar-refractivity contribution in [2.24, 2.45) is 0 Å². The van der Waals surface area contributed by atoms with Crippen LogP contribution in [0.5, 0.6) is 0 Å². The standard InChI is InChI=1S/C31H33Cl2N5O6S/c1-18-27(35-19(2)29(18)31(42)34-8-9-37-10-12-38(13-11-37)28(40)16-39)15-22-21-14-20(6-7-26(21)36-30(22)41)45(43,44)17-23-24(32)4-3-5-25(23)33/h3-7,14-15,35,39H,8-13,16-17H2,1-2H3,(H,34,42)(H,36,41)/b22-15-. The molecule has 0 radical (unpaired) electrons. The molecule has 2 aliphatic heterocycles. The van der Waals surface area contributed by atoms with E-state index in [0.29, 0.717) is 78.6 Å². The summed E-state index contributed by atoms with van der Waals surface area (Å²) >= 11 is 12.4. The number of hydrogen-bond acceptors (Lipinski definition) is 7. The Morgan fingerprint density at radius 3 is 2.42 bits per heavy atom. The molecular formula is C31H33Cl2N5O6S. The van der Waals surface area contributed by atoms with E-state index in [-0.39, 0.29) is 32.3 Å². The van der Waals surface area contributed by atoms with Crippen molar-refractivity contribution in [2.75, 3.05) is 51.2 Å². The van der Waals surface area contributed by atoms with Crippen molar-refractivity contribution in [3.8, 4) is 0 Å². The number of aliphatic hydroxyl groups is 1. The zero-order valence-corrected chi connectivity index (χ0v) is 27.1. The van der Waals surface area contributed by atoms with Gasteiger partial charge in [-0.2, -0.15) is 0 Å². The van der Waals surface area contributed by atoms with E-state index in [0.717, 1.165) is 0 Å². The number of aromatic nitrogens is 1. The summed E-state index contributed by atoms with van der Waals surface area (Å²) < 4.78 is 26.7. The maximum Gasteiger partial charge on any atom is 0.256 e. The Labute approximate surface area is 271 Å². The number of nitrogens with zero attached hydrogens (tertiary/aromatic N) is 2. The van der Waals surface area contributed by atoms with Crippen molar-refractivity contribution in [3.05, 3.63) is 80.1 Å². The Morgan fingerprint density at radius 2 is 1.76 bits per heavy atom. The highest BCUT2D eigenvalue weighted by atomic mass is 35.5. The van der Waals surface area contributed by atoms with Gasteiger partial charge in [0, 0.05) is 77.5 Å². The maximum atomic E-state index is 13.4. The predicted octanol–water partition coefficient (Wildman–Crippen LogP) is 3.27. The smallest absolute Gasteiger partial charge is 0.256 e. The number of halogens is 2. The minimum atomic E-state index is -3.87. The van der Waals surface area contributed by atoms with Crippen LogP contribution in [0.25, 0.3) is 11.6 Å². The van der Waals surface area contributed by atoms with Crippen LogP contribution >= 0.6 is 23.2 Å². The van der Waals surface area contributed by atoms with Gasteiger partial charge in [-0.25, -0.2) is 8.42 Å². The number of H-pyrrole nitrogens is 1.